The standard InChI is InChI=1S/C24H27N5O4/c30-22-16-21(27-24(32)28-22)19-9-2-3-10-20(19)26-23(31)25-17-7-6-8-18(15-17)33-14-13-29-11-4-1-5-12-29/h2-3,6-10,15-16H,1,4-5,11-14H2,(H2,25,26,31)(H2,27,28,30,32). The number of carbonyl (C=O) groups excluding carboxylic acids is 1. The van der Waals surface area contributed by atoms with Crippen molar-refractivity contribution in [1.82, 2.24) is 14.9 Å². The predicted octanol–water partition coefficient (Wildman–Crippen LogP) is 3.24. The molecule has 172 valence electrons. The highest BCUT2D eigenvalue weighted by Crippen LogP contribution is 2.25. The Hall–Kier alpha value is -3.85. The fourth-order valence-electron chi connectivity index (χ4n) is 3.86. The largest absolute Gasteiger partial charge is 0.492 e. The highest BCUT2D eigenvalue weighted by molar-refractivity contribution is 6.02. The van der Waals surface area contributed by atoms with E-state index in [-0.39, 0.29) is 0 Å². The number of nitrogens with one attached hydrogen (secondary N) is 4. The molecule has 1 aromatic heterocycles. The van der Waals surface area contributed by atoms with Gasteiger partial charge in [-0.1, -0.05) is 30.7 Å². The van der Waals surface area contributed by atoms with Gasteiger partial charge in [0, 0.05) is 29.9 Å². The van der Waals surface area contributed by atoms with Crippen LogP contribution in [0.1, 0.15) is 19.3 Å². The van der Waals surface area contributed by atoms with Crippen LogP contribution in [0.3, 0.4) is 0 Å². The molecule has 1 fully saturated rings. The molecule has 0 aliphatic carbocycles. The fraction of sp³-hybridized carbons (Fsp3) is 0.292. The Morgan fingerprint density at radius 3 is 2.58 bits per heavy atom. The lowest BCUT2D eigenvalue weighted by atomic mass is 10.1. The highest BCUT2D eigenvalue weighted by Gasteiger charge is 2.12. The van der Waals surface area contributed by atoms with Crippen molar-refractivity contribution in [3.05, 3.63) is 75.4 Å². The van der Waals surface area contributed by atoms with Crippen LogP contribution in [0.2, 0.25) is 0 Å². The Balaban J connectivity index is 1.38. The van der Waals surface area contributed by atoms with E-state index in [0.29, 0.717) is 35.0 Å². The summed E-state index contributed by atoms with van der Waals surface area (Å²) in [5, 5.41) is 5.56. The predicted molar refractivity (Wildman–Crippen MR) is 128 cm³/mol. The molecule has 0 spiro atoms. The number of para-hydroxylation sites is 1. The van der Waals surface area contributed by atoms with Crippen LogP contribution < -0.4 is 26.6 Å². The molecule has 2 aromatic carbocycles. The van der Waals surface area contributed by atoms with E-state index >= 15 is 0 Å². The van der Waals surface area contributed by atoms with Crippen molar-refractivity contribution in [3.8, 4) is 17.0 Å². The van der Waals surface area contributed by atoms with Crippen molar-refractivity contribution < 1.29 is 9.53 Å². The molecule has 4 rings (SSSR count). The summed E-state index contributed by atoms with van der Waals surface area (Å²) in [5.74, 6) is 0.686. The number of nitrogens with zero attached hydrogens (tertiary/aromatic N) is 1. The molecular formula is C24H27N5O4. The SMILES string of the molecule is O=C(Nc1cccc(OCCN2CCCCC2)c1)Nc1ccccc1-c1cc(=O)[nH]c(=O)[nH]1. The number of aromatic amines is 2. The minimum absolute atomic E-state index is 0.309. The summed E-state index contributed by atoms with van der Waals surface area (Å²) in [6, 6.07) is 14.9. The van der Waals surface area contributed by atoms with E-state index in [0.717, 1.165) is 19.6 Å². The number of urea groups is 1. The Morgan fingerprint density at radius 1 is 0.939 bits per heavy atom. The van der Waals surface area contributed by atoms with E-state index in [1.807, 2.05) is 12.1 Å². The zero-order valence-electron chi connectivity index (χ0n) is 18.2. The first-order chi connectivity index (χ1) is 16.1. The van der Waals surface area contributed by atoms with Gasteiger partial charge in [-0.25, -0.2) is 9.59 Å². The number of ether oxygens (including phenoxy) is 1. The van der Waals surface area contributed by atoms with Crippen LogP contribution in [0.5, 0.6) is 5.75 Å². The number of rotatable bonds is 7. The number of benzene rings is 2. The summed E-state index contributed by atoms with van der Waals surface area (Å²) >= 11 is 0. The lowest BCUT2D eigenvalue weighted by Gasteiger charge is -2.26. The number of aromatic nitrogens is 2. The van der Waals surface area contributed by atoms with Crippen LogP contribution in [-0.4, -0.2) is 47.1 Å². The number of hydrogen-bond acceptors (Lipinski definition) is 5. The van der Waals surface area contributed by atoms with Gasteiger partial charge in [-0.05, 0) is 44.1 Å². The van der Waals surface area contributed by atoms with Crippen LogP contribution in [0.15, 0.2) is 64.2 Å². The van der Waals surface area contributed by atoms with Crippen molar-refractivity contribution in [1.29, 1.82) is 0 Å². The monoisotopic (exact) mass is 449 g/mol. The average molecular weight is 450 g/mol. The third-order valence-corrected chi connectivity index (χ3v) is 5.44. The molecule has 0 atom stereocenters. The zero-order valence-corrected chi connectivity index (χ0v) is 18.2. The van der Waals surface area contributed by atoms with Crippen molar-refractivity contribution in [2.45, 2.75) is 19.3 Å². The first-order valence-electron chi connectivity index (χ1n) is 11.0. The molecule has 9 heteroatoms. The number of hydrogen-bond donors (Lipinski definition) is 4. The van der Waals surface area contributed by atoms with Gasteiger partial charge < -0.3 is 20.4 Å². The number of amides is 2. The lowest BCUT2D eigenvalue weighted by molar-refractivity contribution is 0.183. The van der Waals surface area contributed by atoms with Crippen molar-refractivity contribution in [3.63, 3.8) is 0 Å². The maximum atomic E-state index is 12.6. The van der Waals surface area contributed by atoms with Gasteiger partial charge in [-0.15, -0.1) is 0 Å². The number of anilines is 2. The van der Waals surface area contributed by atoms with E-state index < -0.39 is 17.3 Å². The number of likely N-dealkylation sites (tertiary alicyclic amines) is 1. The van der Waals surface area contributed by atoms with E-state index in [9.17, 15) is 14.4 Å². The van der Waals surface area contributed by atoms with Crippen LogP contribution in [0.4, 0.5) is 16.2 Å². The van der Waals surface area contributed by atoms with E-state index in [4.69, 9.17) is 4.74 Å². The summed E-state index contributed by atoms with van der Waals surface area (Å²) in [7, 11) is 0. The normalized spacial score (nSPS) is 13.9. The van der Waals surface area contributed by atoms with Gasteiger partial charge in [0.15, 0.2) is 0 Å². The molecule has 0 bridgehead atoms. The first-order valence-corrected chi connectivity index (χ1v) is 11.0. The maximum Gasteiger partial charge on any atom is 0.326 e. The molecule has 2 heterocycles. The molecule has 0 unspecified atom stereocenters. The fourth-order valence-corrected chi connectivity index (χ4v) is 3.86. The van der Waals surface area contributed by atoms with Crippen molar-refractivity contribution in [2.75, 3.05) is 36.9 Å². The summed E-state index contributed by atoms with van der Waals surface area (Å²) in [6.07, 6.45) is 3.79. The summed E-state index contributed by atoms with van der Waals surface area (Å²) in [4.78, 5) is 43.0. The van der Waals surface area contributed by atoms with Crippen LogP contribution in [-0.2, 0) is 0 Å². The van der Waals surface area contributed by atoms with Crippen LogP contribution in [0.25, 0.3) is 11.3 Å². The molecule has 0 saturated carbocycles. The summed E-state index contributed by atoms with van der Waals surface area (Å²) in [6.45, 7) is 3.73. The van der Waals surface area contributed by atoms with Gasteiger partial charge in [0.2, 0.25) is 0 Å². The third-order valence-electron chi connectivity index (χ3n) is 5.44. The zero-order chi connectivity index (χ0) is 23.0. The molecule has 3 aromatic rings. The Bertz CT molecular complexity index is 1190. The van der Waals surface area contributed by atoms with Gasteiger partial charge in [0.05, 0.1) is 11.4 Å². The maximum absolute atomic E-state index is 12.6. The minimum atomic E-state index is -0.617. The van der Waals surface area contributed by atoms with Crippen molar-refractivity contribution in [2.24, 2.45) is 0 Å². The molecule has 9 nitrogen and oxygen atoms in total. The van der Waals surface area contributed by atoms with Gasteiger partial charge in [0.1, 0.15) is 12.4 Å². The van der Waals surface area contributed by atoms with Gasteiger partial charge in [-0.2, -0.15) is 0 Å². The second-order valence-corrected chi connectivity index (χ2v) is 7.90. The molecule has 33 heavy (non-hydrogen) atoms. The first kappa shape index (κ1) is 22.3. The topological polar surface area (TPSA) is 119 Å². The lowest BCUT2D eigenvalue weighted by Crippen LogP contribution is -2.33. The second kappa shape index (κ2) is 10.6. The molecule has 4 N–H and O–H groups in total. The molecule has 1 saturated heterocycles. The smallest absolute Gasteiger partial charge is 0.326 e. The highest BCUT2D eigenvalue weighted by atomic mass is 16.5. The van der Waals surface area contributed by atoms with Gasteiger partial charge >= 0.3 is 11.7 Å². The van der Waals surface area contributed by atoms with E-state index in [2.05, 4.69) is 25.5 Å². The van der Waals surface area contributed by atoms with E-state index in [1.165, 1.54) is 25.3 Å². The third kappa shape index (κ3) is 6.33. The molecule has 1 aliphatic heterocycles. The Morgan fingerprint density at radius 2 is 1.76 bits per heavy atom. The minimum Gasteiger partial charge on any atom is -0.492 e. The average Bonchev–Trinajstić information content (AvgIpc) is 2.80. The summed E-state index contributed by atoms with van der Waals surface area (Å²) in [5.41, 5.74) is 0.726. The van der Waals surface area contributed by atoms with Gasteiger partial charge in [0.25, 0.3) is 5.56 Å². The Labute approximate surface area is 190 Å². The number of carbonyl (C=O) groups is 1. The molecule has 1 aliphatic rings. The van der Waals surface area contributed by atoms with Crippen molar-refractivity contribution >= 4 is 17.4 Å². The number of piperidine rings is 1. The molecule has 2 amide bonds. The second-order valence-electron chi connectivity index (χ2n) is 7.90. The van der Waals surface area contributed by atoms with E-state index in [1.54, 1.807) is 36.4 Å². The van der Waals surface area contributed by atoms with Crippen LogP contribution in [0, 0.1) is 0 Å². The number of H-pyrrole nitrogens is 2. The van der Waals surface area contributed by atoms with Crippen LogP contribution >= 0.6 is 0 Å². The Kier molecular flexibility index (Phi) is 7.21. The molecule has 0 radical (unpaired) electrons. The molecular weight excluding hydrogens is 422 g/mol. The summed E-state index contributed by atoms with van der Waals surface area (Å²) < 4.78 is 5.87. The quantitative estimate of drug-likeness (QED) is 0.442. The van der Waals surface area contributed by atoms with Gasteiger partial charge in [-0.3, -0.25) is 14.7 Å².